The third kappa shape index (κ3) is 6.43. The number of rotatable bonds is 6. The fraction of sp³-hybridized carbons (Fsp3) is 0.400. The van der Waals surface area contributed by atoms with Crippen molar-refractivity contribution >= 4 is 45.9 Å². The van der Waals surface area contributed by atoms with Gasteiger partial charge in [0.1, 0.15) is 0 Å². The van der Waals surface area contributed by atoms with Crippen molar-refractivity contribution in [1.29, 1.82) is 0 Å². The van der Waals surface area contributed by atoms with Crippen LogP contribution in [0.3, 0.4) is 0 Å². The van der Waals surface area contributed by atoms with Crippen LogP contribution in [-0.4, -0.2) is 69.9 Å². The van der Waals surface area contributed by atoms with Crippen LogP contribution in [0.25, 0.3) is 0 Å². The molecule has 0 radical (unpaired) electrons. The van der Waals surface area contributed by atoms with Crippen LogP contribution in [-0.2, 0) is 16.6 Å². The Labute approximate surface area is 200 Å². The maximum absolute atomic E-state index is 12.4. The van der Waals surface area contributed by atoms with Crippen molar-refractivity contribution in [2.75, 3.05) is 39.8 Å². The average molecular weight is 561 g/mol. The summed E-state index contributed by atoms with van der Waals surface area (Å²) in [5.41, 5.74) is 0.909. The molecular formula is C20H28IN5O4S. The number of nitrogens with zero attached hydrogens (tertiary/aromatic N) is 3. The SMILES string of the molecule is CCNC(=NCc1ccc(S(=O)(=O)NC)cc1)N1CCN(C(=O)c2ccco2)CC1.I. The molecule has 1 aliphatic rings. The van der Waals surface area contributed by atoms with Crippen LogP contribution in [0, 0.1) is 0 Å². The van der Waals surface area contributed by atoms with Gasteiger partial charge in [0.25, 0.3) is 5.91 Å². The topological polar surface area (TPSA) is 107 Å². The summed E-state index contributed by atoms with van der Waals surface area (Å²) in [6.45, 7) is 5.65. The zero-order valence-electron chi connectivity index (χ0n) is 17.6. The highest BCUT2D eigenvalue weighted by Crippen LogP contribution is 2.12. The number of amides is 1. The molecule has 0 unspecified atom stereocenters. The van der Waals surface area contributed by atoms with Gasteiger partial charge >= 0.3 is 0 Å². The van der Waals surface area contributed by atoms with Crippen LogP contribution in [0.4, 0.5) is 0 Å². The number of benzene rings is 1. The highest BCUT2D eigenvalue weighted by molar-refractivity contribution is 14.0. The average Bonchev–Trinajstić information content (AvgIpc) is 3.31. The monoisotopic (exact) mass is 561 g/mol. The Kier molecular flexibility index (Phi) is 9.32. The Balaban J connectivity index is 0.00000341. The lowest BCUT2D eigenvalue weighted by Crippen LogP contribution is -2.53. The smallest absolute Gasteiger partial charge is 0.289 e. The summed E-state index contributed by atoms with van der Waals surface area (Å²) in [6, 6.07) is 10.0. The Morgan fingerprint density at radius 2 is 1.74 bits per heavy atom. The molecule has 2 aromatic rings. The number of furan rings is 1. The van der Waals surface area contributed by atoms with E-state index in [2.05, 4.69) is 19.9 Å². The van der Waals surface area contributed by atoms with E-state index in [-0.39, 0.29) is 34.8 Å². The molecule has 170 valence electrons. The largest absolute Gasteiger partial charge is 0.459 e. The minimum absolute atomic E-state index is 0. The number of hydrogen-bond acceptors (Lipinski definition) is 5. The first-order chi connectivity index (χ1) is 14.4. The number of halogens is 1. The molecule has 1 aromatic heterocycles. The first-order valence-electron chi connectivity index (χ1n) is 9.83. The van der Waals surface area contributed by atoms with Gasteiger partial charge in [-0.05, 0) is 43.8 Å². The second-order valence-electron chi connectivity index (χ2n) is 6.78. The number of hydrogen-bond donors (Lipinski definition) is 2. The summed E-state index contributed by atoms with van der Waals surface area (Å²) in [6.07, 6.45) is 1.50. The fourth-order valence-electron chi connectivity index (χ4n) is 3.16. The molecule has 0 bridgehead atoms. The normalized spacial score (nSPS) is 14.8. The van der Waals surface area contributed by atoms with Crippen molar-refractivity contribution in [3.63, 3.8) is 0 Å². The highest BCUT2D eigenvalue weighted by Gasteiger charge is 2.25. The predicted octanol–water partition coefficient (Wildman–Crippen LogP) is 1.73. The quantitative estimate of drug-likeness (QED) is 0.316. The lowest BCUT2D eigenvalue weighted by atomic mass is 10.2. The van der Waals surface area contributed by atoms with E-state index in [1.807, 2.05) is 6.92 Å². The van der Waals surface area contributed by atoms with Gasteiger partial charge in [0.2, 0.25) is 10.0 Å². The Morgan fingerprint density at radius 1 is 1.10 bits per heavy atom. The molecule has 31 heavy (non-hydrogen) atoms. The molecule has 1 fully saturated rings. The molecule has 1 amide bonds. The molecule has 0 aliphatic carbocycles. The van der Waals surface area contributed by atoms with Crippen LogP contribution in [0.5, 0.6) is 0 Å². The maximum atomic E-state index is 12.4. The molecule has 0 saturated carbocycles. The summed E-state index contributed by atoms with van der Waals surface area (Å²) in [4.78, 5) is 21.2. The molecule has 1 aromatic carbocycles. The third-order valence-electron chi connectivity index (χ3n) is 4.85. The summed E-state index contributed by atoms with van der Waals surface area (Å²) in [5.74, 6) is 1.03. The van der Waals surface area contributed by atoms with E-state index in [4.69, 9.17) is 4.42 Å². The molecule has 9 nitrogen and oxygen atoms in total. The molecule has 2 N–H and O–H groups in total. The van der Waals surface area contributed by atoms with Crippen LogP contribution in [0.1, 0.15) is 23.0 Å². The van der Waals surface area contributed by atoms with Crippen molar-refractivity contribution < 1.29 is 17.6 Å². The highest BCUT2D eigenvalue weighted by atomic mass is 127. The van der Waals surface area contributed by atoms with Crippen LogP contribution < -0.4 is 10.0 Å². The van der Waals surface area contributed by atoms with Crippen LogP contribution >= 0.6 is 24.0 Å². The van der Waals surface area contributed by atoms with Gasteiger partial charge < -0.3 is 19.5 Å². The van der Waals surface area contributed by atoms with E-state index in [1.54, 1.807) is 41.3 Å². The Bertz CT molecular complexity index is 970. The van der Waals surface area contributed by atoms with Gasteiger partial charge in [-0.2, -0.15) is 0 Å². The van der Waals surface area contributed by atoms with Crippen molar-refractivity contribution in [3.8, 4) is 0 Å². The van der Waals surface area contributed by atoms with E-state index in [0.717, 1.165) is 18.1 Å². The number of nitrogens with one attached hydrogen (secondary N) is 2. The van der Waals surface area contributed by atoms with Gasteiger partial charge in [0.15, 0.2) is 11.7 Å². The summed E-state index contributed by atoms with van der Waals surface area (Å²) in [7, 11) is -2.06. The number of guanidine groups is 1. The van der Waals surface area contributed by atoms with Crippen molar-refractivity contribution in [2.24, 2.45) is 4.99 Å². The first-order valence-corrected chi connectivity index (χ1v) is 11.3. The number of piperazine rings is 1. The zero-order valence-corrected chi connectivity index (χ0v) is 20.7. The predicted molar refractivity (Wildman–Crippen MR) is 129 cm³/mol. The summed E-state index contributed by atoms with van der Waals surface area (Å²) < 4.78 is 31.2. The molecule has 0 spiro atoms. The number of aliphatic imine (C=N–C) groups is 1. The van der Waals surface area contributed by atoms with Crippen molar-refractivity contribution in [1.82, 2.24) is 19.8 Å². The van der Waals surface area contributed by atoms with Gasteiger partial charge in [-0.15, -0.1) is 24.0 Å². The molecule has 0 atom stereocenters. The van der Waals surface area contributed by atoms with Crippen LogP contribution in [0.15, 0.2) is 57.0 Å². The third-order valence-corrected chi connectivity index (χ3v) is 6.28. The van der Waals surface area contributed by atoms with Crippen molar-refractivity contribution in [3.05, 3.63) is 54.0 Å². The molecule has 3 rings (SSSR count). The molecule has 1 saturated heterocycles. The van der Waals surface area contributed by atoms with E-state index >= 15 is 0 Å². The van der Waals surface area contributed by atoms with Crippen LogP contribution in [0.2, 0.25) is 0 Å². The summed E-state index contributed by atoms with van der Waals surface area (Å²) in [5, 5.41) is 3.29. The minimum atomic E-state index is -3.45. The van der Waals surface area contributed by atoms with Gasteiger partial charge in [-0.1, -0.05) is 12.1 Å². The lowest BCUT2D eigenvalue weighted by Gasteiger charge is -2.36. The second-order valence-corrected chi connectivity index (χ2v) is 8.66. The molecular weight excluding hydrogens is 533 g/mol. The molecule has 1 aliphatic heterocycles. The van der Waals surface area contributed by atoms with Gasteiger partial charge in [0.05, 0.1) is 17.7 Å². The lowest BCUT2D eigenvalue weighted by molar-refractivity contribution is 0.0657. The Morgan fingerprint density at radius 3 is 2.29 bits per heavy atom. The van der Waals surface area contributed by atoms with Gasteiger partial charge in [0, 0.05) is 32.7 Å². The fourth-order valence-corrected chi connectivity index (χ4v) is 3.89. The first kappa shape index (κ1) is 25.1. The minimum Gasteiger partial charge on any atom is -0.459 e. The molecule has 2 heterocycles. The van der Waals surface area contributed by atoms with E-state index in [1.165, 1.54) is 13.3 Å². The number of carbonyl (C=O) groups is 1. The number of carbonyl (C=O) groups excluding carboxylic acids is 1. The molecule has 11 heteroatoms. The maximum Gasteiger partial charge on any atom is 0.289 e. The van der Waals surface area contributed by atoms with Gasteiger partial charge in [-0.3, -0.25) is 4.79 Å². The van der Waals surface area contributed by atoms with E-state index in [9.17, 15) is 13.2 Å². The zero-order chi connectivity index (χ0) is 21.6. The second kappa shape index (κ2) is 11.5. The van der Waals surface area contributed by atoms with Gasteiger partial charge in [-0.25, -0.2) is 18.1 Å². The summed E-state index contributed by atoms with van der Waals surface area (Å²) >= 11 is 0. The van der Waals surface area contributed by atoms with Crippen molar-refractivity contribution in [2.45, 2.75) is 18.4 Å². The number of sulfonamides is 1. The van der Waals surface area contributed by atoms with E-state index in [0.29, 0.717) is 38.5 Å². The van der Waals surface area contributed by atoms with E-state index < -0.39 is 10.0 Å². The standard InChI is InChI=1S/C20H27N5O4S.HI/c1-3-22-20(23-15-16-6-8-17(9-7-16)30(27,28)21-2)25-12-10-24(11-13-25)19(26)18-5-4-14-29-18;/h4-9,14,21H,3,10-13,15H2,1-2H3,(H,22,23);1H. The Hall–Kier alpha value is -2.12.